The van der Waals surface area contributed by atoms with E-state index in [1.165, 1.54) is 4.90 Å². The van der Waals surface area contributed by atoms with Gasteiger partial charge in [0.25, 0.3) is 0 Å². The standard InChI is InChI=1S/C39H39NO10/c1-23(42)35-33(44)32(43)34(45)39(49-35)50-38(47)30-19-29-27(17-18-28(21-41)36(29)48-22-24-11-5-2-6-12-24)20-40(30)37(46)31(25-13-7-3-8-14-25)26-15-9-4-10-16-26/h2-18,30-35,39,41,43-45H,19-22H2,1H3/t30?,32-,33-,34+,35+,39-/m0/s1. The molecule has 0 bridgehead atoms. The molecule has 2 heterocycles. The second kappa shape index (κ2) is 15.3. The van der Waals surface area contributed by atoms with Gasteiger partial charge in [-0.1, -0.05) is 103 Å². The van der Waals surface area contributed by atoms with E-state index in [1.54, 1.807) is 12.1 Å². The Balaban J connectivity index is 1.40. The van der Waals surface area contributed by atoms with Crippen molar-refractivity contribution in [2.45, 2.75) is 75.8 Å². The fourth-order valence-electron chi connectivity index (χ4n) is 6.57. The maximum absolute atomic E-state index is 14.8. The molecule has 6 rings (SSSR count). The van der Waals surface area contributed by atoms with Crippen molar-refractivity contribution in [1.29, 1.82) is 0 Å². The molecule has 0 spiro atoms. The lowest BCUT2D eigenvalue weighted by molar-refractivity contribution is -0.283. The number of ether oxygens (including phenoxy) is 3. The van der Waals surface area contributed by atoms with Gasteiger partial charge in [-0.15, -0.1) is 0 Å². The minimum absolute atomic E-state index is 0.0248. The van der Waals surface area contributed by atoms with E-state index >= 15 is 0 Å². The number of hydrogen-bond acceptors (Lipinski definition) is 10. The van der Waals surface area contributed by atoms with Crippen LogP contribution in [0.15, 0.2) is 103 Å². The molecule has 1 unspecified atom stereocenters. The van der Waals surface area contributed by atoms with Gasteiger partial charge in [0.05, 0.1) is 12.5 Å². The summed E-state index contributed by atoms with van der Waals surface area (Å²) in [4.78, 5) is 42.6. The fourth-order valence-corrected chi connectivity index (χ4v) is 6.57. The van der Waals surface area contributed by atoms with Crippen molar-refractivity contribution in [3.63, 3.8) is 0 Å². The molecule has 0 radical (unpaired) electrons. The van der Waals surface area contributed by atoms with Gasteiger partial charge in [-0.25, -0.2) is 4.79 Å². The van der Waals surface area contributed by atoms with Crippen LogP contribution in [0.1, 0.15) is 46.2 Å². The number of esters is 1. The molecule has 1 fully saturated rings. The number of Topliss-reactive ketones (excluding diaryl/α,β-unsaturated/α-hetero) is 1. The van der Waals surface area contributed by atoms with E-state index in [1.807, 2.05) is 91.0 Å². The predicted octanol–water partition coefficient (Wildman–Crippen LogP) is 2.78. The highest BCUT2D eigenvalue weighted by Gasteiger charge is 2.49. The number of benzene rings is 4. The molecule has 6 atom stereocenters. The number of ketones is 1. The highest BCUT2D eigenvalue weighted by Crippen LogP contribution is 2.38. The number of aliphatic hydroxyl groups excluding tert-OH is 4. The van der Waals surface area contributed by atoms with E-state index < -0.39 is 60.3 Å². The van der Waals surface area contributed by atoms with Crippen molar-refractivity contribution in [3.05, 3.63) is 137 Å². The summed E-state index contributed by atoms with van der Waals surface area (Å²) < 4.78 is 17.4. The minimum atomic E-state index is -1.88. The van der Waals surface area contributed by atoms with Gasteiger partial charge in [-0.05, 0) is 29.2 Å². The second-order valence-corrected chi connectivity index (χ2v) is 12.5. The molecular formula is C39H39NO10. The lowest BCUT2D eigenvalue weighted by atomic mass is 9.86. The summed E-state index contributed by atoms with van der Waals surface area (Å²) in [6, 6.07) is 30.0. The molecule has 4 aromatic carbocycles. The van der Waals surface area contributed by atoms with Gasteiger partial charge in [-0.3, -0.25) is 9.59 Å². The van der Waals surface area contributed by atoms with Crippen molar-refractivity contribution in [1.82, 2.24) is 4.90 Å². The van der Waals surface area contributed by atoms with Crippen LogP contribution in [-0.2, 0) is 50.0 Å². The summed E-state index contributed by atoms with van der Waals surface area (Å²) >= 11 is 0. The van der Waals surface area contributed by atoms with Crippen LogP contribution >= 0.6 is 0 Å². The van der Waals surface area contributed by atoms with Crippen molar-refractivity contribution in [3.8, 4) is 5.75 Å². The smallest absolute Gasteiger partial charge is 0.331 e. The van der Waals surface area contributed by atoms with Crippen LogP contribution in [0.5, 0.6) is 5.75 Å². The van der Waals surface area contributed by atoms with E-state index in [4.69, 9.17) is 14.2 Å². The third kappa shape index (κ3) is 7.18. The van der Waals surface area contributed by atoms with Gasteiger partial charge in [0.1, 0.15) is 42.8 Å². The van der Waals surface area contributed by atoms with E-state index in [-0.39, 0.29) is 26.2 Å². The maximum atomic E-state index is 14.8. The average Bonchev–Trinajstić information content (AvgIpc) is 3.14. The number of nitrogens with zero attached hydrogens (tertiary/aromatic N) is 1. The first-order chi connectivity index (χ1) is 24.2. The van der Waals surface area contributed by atoms with Crippen LogP contribution in [0, 0.1) is 0 Å². The lowest BCUT2D eigenvalue weighted by Crippen LogP contribution is -2.61. The molecular weight excluding hydrogens is 642 g/mol. The van der Waals surface area contributed by atoms with E-state index in [0.29, 0.717) is 33.6 Å². The molecule has 50 heavy (non-hydrogen) atoms. The molecule has 4 aromatic rings. The molecule has 0 aromatic heterocycles. The first-order valence-corrected chi connectivity index (χ1v) is 16.4. The van der Waals surface area contributed by atoms with Gasteiger partial charge in [-0.2, -0.15) is 0 Å². The zero-order chi connectivity index (χ0) is 35.4. The molecule has 1 amide bonds. The number of rotatable bonds is 10. The van der Waals surface area contributed by atoms with Crippen molar-refractivity contribution in [2.24, 2.45) is 0 Å². The van der Waals surface area contributed by atoms with Gasteiger partial charge in [0, 0.05) is 24.1 Å². The van der Waals surface area contributed by atoms with Crippen LogP contribution in [0.25, 0.3) is 0 Å². The molecule has 2 aliphatic heterocycles. The fraction of sp³-hybridized carbons (Fsp3) is 0.308. The molecule has 2 aliphatic rings. The number of hydrogen-bond donors (Lipinski definition) is 4. The molecule has 11 nitrogen and oxygen atoms in total. The zero-order valence-corrected chi connectivity index (χ0v) is 27.4. The van der Waals surface area contributed by atoms with Gasteiger partial charge >= 0.3 is 5.97 Å². The molecule has 11 heteroatoms. The Kier molecular flexibility index (Phi) is 10.7. The summed E-state index contributed by atoms with van der Waals surface area (Å²) in [6.07, 6.45) is -8.91. The highest BCUT2D eigenvalue weighted by atomic mass is 16.7. The van der Waals surface area contributed by atoms with Crippen LogP contribution in [0.2, 0.25) is 0 Å². The van der Waals surface area contributed by atoms with Crippen molar-refractivity contribution in [2.75, 3.05) is 0 Å². The second-order valence-electron chi connectivity index (χ2n) is 12.5. The Labute approximate surface area is 289 Å². The van der Waals surface area contributed by atoms with Crippen LogP contribution < -0.4 is 4.74 Å². The summed E-state index contributed by atoms with van der Waals surface area (Å²) in [5.41, 5.74) is 4.08. The first-order valence-electron chi connectivity index (χ1n) is 16.4. The van der Waals surface area contributed by atoms with Crippen molar-refractivity contribution < 1.29 is 49.0 Å². The molecule has 260 valence electrons. The Morgan fingerprint density at radius 3 is 2.00 bits per heavy atom. The molecule has 0 saturated carbocycles. The Morgan fingerprint density at radius 1 is 0.820 bits per heavy atom. The van der Waals surface area contributed by atoms with E-state index in [0.717, 1.165) is 12.5 Å². The normalized spacial score (nSPS) is 23.2. The topological polar surface area (TPSA) is 163 Å². The number of fused-ring (bicyclic) bond motifs is 1. The third-order valence-electron chi connectivity index (χ3n) is 9.22. The third-order valence-corrected chi connectivity index (χ3v) is 9.22. The summed E-state index contributed by atoms with van der Waals surface area (Å²) in [5, 5.41) is 41.8. The Hall–Kier alpha value is -4.91. The quantitative estimate of drug-likeness (QED) is 0.183. The molecule has 1 saturated heterocycles. The largest absolute Gasteiger partial charge is 0.488 e. The number of carbonyl (C=O) groups is 3. The zero-order valence-electron chi connectivity index (χ0n) is 27.4. The summed E-state index contributed by atoms with van der Waals surface area (Å²) in [7, 11) is 0. The van der Waals surface area contributed by atoms with Gasteiger partial charge in [0.2, 0.25) is 12.2 Å². The Bertz CT molecular complexity index is 1760. The summed E-state index contributed by atoms with van der Waals surface area (Å²) in [5.74, 6) is -2.42. The predicted molar refractivity (Wildman–Crippen MR) is 179 cm³/mol. The number of amides is 1. The first kappa shape index (κ1) is 34.9. The SMILES string of the molecule is CC(=O)[C@H]1O[C@@H](OC(=O)C2Cc3c(ccc(CO)c3OCc3ccccc3)CN2C(=O)C(c2ccccc2)c2ccccc2)[C@H](O)[C@@H](O)[C@@H]1O. The van der Waals surface area contributed by atoms with E-state index in [2.05, 4.69) is 0 Å². The number of aliphatic hydroxyl groups is 4. The van der Waals surface area contributed by atoms with Crippen LogP contribution in [0.3, 0.4) is 0 Å². The Morgan fingerprint density at radius 2 is 1.42 bits per heavy atom. The highest BCUT2D eigenvalue weighted by molar-refractivity contribution is 5.92. The van der Waals surface area contributed by atoms with Gasteiger partial charge in [0.15, 0.2) is 5.78 Å². The minimum Gasteiger partial charge on any atom is -0.488 e. The maximum Gasteiger partial charge on any atom is 0.331 e. The van der Waals surface area contributed by atoms with Gasteiger partial charge < -0.3 is 39.5 Å². The molecule has 0 aliphatic carbocycles. The molecule has 4 N–H and O–H groups in total. The number of carbonyl (C=O) groups excluding carboxylic acids is 3. The van der Waals surface area contributed by atoms with E-state index in [9.17, 15) is 34.8 Å². The lowest BCUT2D eigenvalue weighted by Gasteiger charge is -2.41. The average molecular weight is 682 g/mol. The van der Waals surface area contributed by atoms with Crippen LogP contribution in [0.4, 0.5) is 0 Å². The van der Waals surface area contributed by atoms with Crippen LogP contribution in [-0.4, -0.2) is 79.7 Å². The monoisotopic (exact) mass is 681 g/mol. The van der Waals surface area contributed by atoms with Crippen molar-refractivity contribution >= 4 is 17.7 Å². The summed E-state index contributed by atoms with van der Waals surface area (Å²) in [6.45, 7) is 0.955.